The summed E-state index contributed by atoms with van der Waals surface area (Å²) in [5.41, 5.74) is 0. The van der Waals surface area contributed by atoms with Gasteiger partial charge in [0.25, 0.3) is 0 Å². The third-order valence-corrected chi connectivity index (χ3v) is 4.41. The number of rotatable bonds is 10. The van der Waals surface area contributed by atoms with E-state index in [9.17, 15) is 0 Å². The minimum Gasteiger partial charge on any atom is -0.374 e. The van der Waals surface area contributed by atoms with Crippen LogP contribution < -0.4 is 10.6 Å². The van der Waals surface area contributed by atoms with E-state index in [0.29, 0.717) is 5.92 Å². The van der Waals surface area contributed by atoms with E-state index >= 15 is 0 Å². The topological polar surface area (TPSA) is 52.1 Å². The van der Waals surface area contributed by atoms with E-state index < -0.39 is 0 Å². The summed E-state index contributed by atoms with van der Waals surface area (Å²) in [7, 11) is 1.83. The Morgan fingerprint density at radius 2 is 2.00 bits per heavy atom. The molecule has 25 heavy (non-hydrogen) atoms. The summed E-state index contributed by atoms with van der Waals surface area (Å²) >= 11 is 0. The van der Waals surface area contributed by atoms with Gasteiger partial charge in [0.1, 0.15) is 0 Å². The average molecular weight is 469 g/mol. The predicted molar refractivity (Wildman–Crippen MR) is 118 cm³/mol. The van der Waals surface area contributed by atoms with Crippen molar-refractivity contribution in [2.45, 2.75) is 40.2 Å². The normalized spacial score (nSPS) is 19.2. The first-order valence-electron chi connectivity index (χ1n) is 9.59. The second-order valence-corrected chi connectivity index (χ2v) is 6.91. The minimum absolute atomic E-state index is 0. The first kappa shape index (κ1) is 24.9. The lowest BCUT2D eigenvalue weighted by Crippen LogP contribution is -2.50. The fraction of sp³-hybridized carbons (Fsp3) is 0.944. The Kier molecular flexibility index (Phi) is 14.9. The number of nitrogens with one attached hydrogen (secondary N) is 2. The Hall–Kier alpha value is -0.120. The highest BCUT2D eigenvalue weighted by atomic mass is 127. The molecule has 0 bridgehead atoms. The van der Waals surface area contributed by atoms with Crippen LogP contribution in [-0.4, -0.2) is 87.9 Å². The molecule has 1 saturated heterocycles. The third kappa shape index (κ3) is 11.2. The Balaban J connectivity index is 0.00000576. The van der Waals surface area contributed by atoms with Crippen molar-refractivity contribution >= 4 is 29.9 Å². The van der Waals surface area contributed by atoms with Crippen LogP contribution in [0, 0.1) is 5.92 Å². The van der Waals surface area contributed by atoms with Gasteiger partial charge in [-0.1, -0.05) is 27.7 Å². The van der Waals surface area contributed by atoms with Crippen molar-refractivity contribution in [3.63, 3.8) is 0 Å². The molecule has 0 aromatic carbocycles. The number of hydrogen-bond donors (Lipinski definition) is 2. The first-order valence-corrected chi connectivity index (χ1v) is 9.59. The van der Waals surface area contributed by atoms with Crippen LogP contribution in [0.15, 0.2) is 4.99 Å². The SMILES string of the molecule is CCN(CC)CCCNC(=NC)NCC1CN(CC(C)C)CCO1.I. The quantitative estimate of drug-likeness (QED) is 0.222. The Bertz CT molecular complexity index is 350. The van der Waals surface area contributed by atoms with E-state index in [0.717, 1.165) is 71.3 Å². The number of halogens is 1. The molecule has 1 unspecified atom stereocenters. The molecule has 1 aliphatic heterocycles. The monoisotopic (exact) mass is 469 g/mol. The average Bonchev–Trinajstić information content (AvgIpc) is 2.57. The van der Waals surface area contributed by atoms with Crippen molar-refractivity contribution in [3.8, 4) is 0 Å². The lowest BCUT2D eigenvalue weighted by Gasteiger charge is -2.34. The van der Waals surface area contributed by atoms with E-state index in [1.54, 1.807) is 0 Å². The molecule has 6 nitrogen and oxygen atoms in total. The van der Waals surface area contributed by atoms with Gasteiger partial charge in [-0.2, -0.15) is 0 Å². The standard InChI is InChI=1S/C18H39N5O.HI/c1-6-22(7-2)10-8-9-20-18(19-5)21-13-17-15-23(11-12-24-17)14-16(3)4;/h16-17H,6-15H2,1-5H3,(H2,19,20,21);1H. The molecular weight excluding hydrogens is 429 g/mol. The van der Waals surface area contributed by atoms with Gasteiger partial charge >= 0.3 is 0 Å². The number of guanidine groups is 1. The molecule has 0 spiro atoms. The van der Waals surface area contributed by atoms with Crippen LogP contribution in [0.3, 0.4) is 0 Å². The van der Waals surface area contributed by atoms with Gasteiger partial charge in [-0.3, -0.25) is 9.89 Å². The number of ether oxygens (including phenoxy) is 1. The Morgan fingerprint density at radius 1 is 1.28 bits per heavy atom. The maximum Gasteiger partial charge on any atom is 0.191 e. The van der Waals surface area contributed by atoms with Crippen LogP contribution in [0.1, 0.15) is 34.1 Å². The summed E-state index contributed by atoms with van der Waals surface area (Å²) in [4.78, 5) is 9.25. The van der Waals surface area contributed by atoms with Crippen LogP contribution >= 0.6 is 24.0 Å². The van der Waals surface area contributed by atoms with Crippen molar-refractivity contribution in [3.05, 3.63) is 0 Å². The molecule has 1 heterocycles. The fourth-order valence-electron chi connectivity index (χ4n) is 3.07. The van der Waals surface area contributed by atoms with Gasteiger partial charge in [0.05, 0.1) is 12.7 Å². The highest BCUT2D eigenvalue weighted by Gasteiger charge is 2.20. The summed E-state index contributed by atoms with van der Waals surface area (Å²) in [6.45, 7) is 18.1. The first-order chi connectivity index (χ1) is 11.6. The number of hydrogen-bond acceptors (Lipinski definition) is 4. The zero-order valence-corrected chi connectivity index (χ0v) is 19.2. The van der Waals surface area contributed by atoms with Crippen LogP contribution in [0.2, 0.25) is 0 Å². The summed E-state index contributed by atoms with van der Waals surface area (Å²) in [6, 6.07) is 0. The second-order valence-electron chi connectivity index (χ2n) is 6.91. The predicted octanol–water partition coefficient (Wildman–Crippen LogP) is 1.86. The van der Waals surface area contributed by atoms with Crippen molar-refractivity contribution in [2.24, 2.45) is 10.9 Å². The molecular formula is C18H40IN5O. The molecule has 1 rings (SSSR count). The Labute approximate surface area is 172 Å². The van der Waals surface area contributed by atoms with E-state index in [-0.39, 0.29) is 30.1 Å². The highest BCUT2D eigenvalue weighted by Crippen LogP contribution is 2.07. The van der Waals surface area contributed by atoms with Crippen molar-refractivity contribution < 1.29 is 4.74 Å². The van der Waals surface area contributed by atoms with Crippen LogP contribution in [0.4, 0.5) is 0 Å². The summed E-state index contributed by atoms with van der Waals surface area (Å²) < 4.78 is 5.88. The molecule has 1 atom stereocenters. The Morgan fingerprint density at radius 3 is 2.60 bits per heavy atom. The molecule has 0 aliphatic carbocycles. The number of nitrogens with zero attached hydrogens (tertiary/aromatic N) is 3. The van der Waals surface area contributed by atoms with Gasteiger partial charge in [0.15, 0.2) is 5.96 Å². The van der Waals surface area contributed by atoms with Gasteiger partial charge < -0.3 is 20.3 Å². The minimum atomic E-state index is 0. The largest absolute Gasteiger partial charge is 0.374 e. The zero-order chi connectivity index (χ0) is 17.8. The molecule has 0 saturated carbocycles. The zero-order valence-electron chi connectivity index (χ0n) is 16.9. The van der Waals surface area contributed by atoms with E-state index in [1.807, 2.05) is 7.05 Å². The second kappa shape index (κ2) is 15.0. The molecule has 2 N–H and O–H groups in total. The maximum absolute atomic E-state index is 5.88. The molecule has 0 amide bonds. The van der Waals surface area contributed by atoms with Crippen molar-refractivity contribution in [1.82, 2.24) is 20.4 Å². The maximum atomic E-state index is 5.88. The lowest BCUT2D eigenvalue weighted by molar-refractivity contribution is -0.0284. The molecule has 0 radical (unpaired) electrons. The van der Waals surface area contributed by atoms with Crippen LogP contribution in [0.5, 0.6) is 0 Å². The van der Waals surface area contributed by atoms with Gasteiger partial charge in [-0.15, -0.1) is 24.0 Å². The van der Waals surface area contributed by atoms with Crippen LogP contribution in [-0.2, 0) is 4.74 Å². The van der Waals surface area contributed by atoms with Crippen molar-refractivity contribution in [2.75, 3.05) is 66.0 Å². The van der Waals surface area contributed by atoms with Crippen LogP contribution in [0.25, 0.3) is 0 Å². The smallest absolute Gasteiger partial charge is 0.191 e. The molecule has 7 heteroatoms. The van der Waals surface area contributed by atoms with Crippen molar-refractivity contribution in [1.29, 1.82) is 0 Å². The molecule has 150 valence electrons. The lowest BCUT2D eigenvalue weighted by atomic mass is 10.2. The summed E-state index contributed by atoms with van der Waals surface area (Å²) in [6.07, 6.45) is 1.37. The molecule has 1 aliphatic rings. The van der Waals surface area contributed by atoms with Gasteiger partial charge in [-0.25, -0.2) is 0 Å². The summed E-state index contributed by atoms with van der Waals surface area (Å²) in [5.74, 6) is 1.58. The van der Waals surface area contributed by atoms with E-state index in [2.05, 4.69) is 53.1 Å². The molecule has 0 aromatic heterocycles. The third-order valence-electron chi connectivity index (χ3n) is 4.41. The highest BCUT2D eigenvalue weighted by molar-refractivity contribution is 14.0. The van der Waals surface area contributed by atoms with E-state index in [4.69, 9.17) is 4.74 Å². The molecule has 0 aromatic rings. The summed E-state index contributed by atoms with van der Waals surface area (Å²) in [5, 5.41) is 6.80. The fourth-order valence-corrected chi connectivity index (χ4v) is 3.07. The van der Waals surface area contributed by atoms with Gasteiger partial charge in [0, 0.05) is 39.8 Å². The van der Waals surface area contributed by atoms with E-state index in [1.165, 1.54) is 0 Å². The van der Waals surface area contributed by atoms with Gasteiger partial charge in [0.2, 0.25) is 0 Å². The van der Waals surface area contributed by atoms with Gasteiger partial charge in [-0.05, 0) is 32.0 Å². The number of morpholine rings is 1. The molecule has 1 fully saturated rings. The number of aliphatic imine (C=N–C) groups is 1.